The molecule has 2 aromatic heterocycles. The van der Waals surface area contributed by atoms with Crippen LogP contribution in [0.2, 0.25) is 0 Å². The number of carbonyl (C=O) groups excluding carboxylic acids is 1. The van der Waals surface area contributed by atoms with Gasteiger partial charge in [-0.05, 0) is 30.3 Å². The van der Waals surface area contributed by atoms with Gasteiger partial charge in [0.05, 0.1) is 30.7 Å². The van der Waals surface area contributed by atoms with Crippen molar-refractivity contribution in [2.75, 3.05) is 11.9 Å². The van der Waals surface area contributed by atoms with Crippen molar-refractivity contribution >= 4 is 17.7 Å². The summed E-state index contributed by atoms with van der Waals surface area (Å²) < 4.78 is 2.90. The third-order valence-corrected chi connectivity index (χ3v) is 3.65. The van der Waals surface area contributed by atoms with Crippen LogP contribution in [0.15, 0.2) is 47.5 Å². The van der Waals surface area contributed by atoms with Crippen LogP contribution in [0.1, 0.15) is 5.69 Å². The van der Waals surface area contributed by atoms with Crippen molar-refractivity contribution in [3.63, 3.8) is 0 Å². The molecule has 7 N–H and O–H groups in total. The molecule has 12 nitrogen and oxygen atoms in total. The van der Waals surface area contributed by atoms with Crippen LogP contribution in [0, 0.1) is 5.41 Å². The summed E-state index contributed by atoms with van der Waals surface area (Å²) in [6.45, 7) is 0.0998. The van der Waals surface area contributed by atoms with E-state index in [9.17, 15) is 9.59 Å². The van der Waals surface area contributed by atoms with E-state index in [-0.39, 0.29) is 18.3 Å². The van der Waals surface area contributed by atoms with Gasteiger partial charge in [-0.2, -0.15) is 4.98 Å². The minimum atomic E-state index is -0.541. The molecule has 3 aromatic rings. The van der Waals surface area contributed by atoms with E-state index in [0.29, 0.717) is 17.9 Å². The molecule has 12 heteroatoms. The van der Waals surface area contributed by atoms with Crippen LogP contribution >= 0.6 is 0 Å². The molecule has 1 aromatic carbocycles. The lowest BCUT2D eigenvalue weighted by Gasteiger charge is -2.08. The highest BCUT2D eigenvalue weighted by atomic mass is 16.2. The number of carbonyl (C=O) groups is 1. The minimum Gasteiger partial charge on any atom is -0.370 e. The quantitative estimate of drug-likeness (QED) is 0.257. The molecule has 2 heterocycles. The number of nitrogens with zero attached hydrogens (tertiary/aromatic N) is 5. The van der Waals surface area contributed by atoms with Crippen LogP contribution in [-0.4, -0.2) is 43.0 Å². The standard InChI is InChI=1S/C16H18N10O2/c17-7-14(27)21-13-5-6-25(16(28)22-13)11-1-3-12(4-2-11)26-9-10(23-24-26)8-20-15(18)19/h1-6,9H,7-8,17H2,(H4,18,19,20)(H,21,22,27,28). The Hall–Kier alpha value is -4.06. The Morgan fingerprint density at radius 3 is 2.54 bits per heavy atom. The fourth-order valence-corrected chi connectivity index (χ4v) is 2.32. The largest absolute Gasteiger partial charge is 0.370 e. The van der Waals surface area contributed by atoms with E-state index in [0.717, 1.165) is 5.69 Å². The van der Waals surface area contributed by atoms with Gasteiger partial charge in [0, 0.05) is 6.20 Å². The lowest BCUT2D eigenvalue weighted by Crippen LogP contribution is -2.29. The first-order valence-electron chi connectivity index (χ1n) is 8.16. The summed E-state index contributed by atoms with van der Waals surface area (Å²) in [5.41, 5.74) is 11.9. The van der Waals surface area contributed by atoms with Crippen molar-refractivity contribution in [1.82, 2.24) is 29.9 Å². The molecule has 0 spiro atoms. The van der Waals surface area contributed by atoms with E-state index in [2.05, 4.69) is 25.9 Å². The number of hydrogen-bond donors (Lipinski definition) is 5. The number of rotatable bonds is 6. The van der Waals surface area contributed by atoms with Gasteiger partial charge in [0.1, 0.15) is 11.5 Å². The van der Waals surface area contributed by atoms with Crippen LogP contribution < -0.4 is 27.8 Å². The van der Waals surface area contributed by atoms with Gasteiger partial charge < -0.3 is 22.1 Å². The minimum absolute atomic E-state index is 0.141. The van der Waals surface area contributed by atoms with Crippen molar-refractivity contribution in [2.24, 2.45) is 11.5 Å². The van der Waals surface area contributed by atoms with E-state index in [4.69, 9.17) is 16.9 Å². The molecule has 144 valence electrons. The predicted octanol–water partition coefficient (Wildman–Crippen LogP) is -1.31. The molecular formula is C16H18N10O2. The molecule has 0 saturated heterocycles. The summed E-state index contributed by atoms with van der Waals surface area (Å²) in [6, 6.07) is 8.50. The van der Waals surface area contributed by atoms with Gasteiger partial charge in [0.15, 0.2) is 5.96 Å². The zero-order valence-electron chi connectivity index (χ0n) is 14.7. The fourth-order valence-electron chi connectivity index (χ4n) is 2.32. The van der Waals surface area contributed by atoms with Crippen molar-refractivity contribution in [3.8, 4) is 11.4 Å². The molecule has 0 aliphatic rings. The first kappa shape index (κ1) is 18.7. The number of aromatic nitrogens is 5. The SMILES string of the molecule is N=C(N)NCc1cn(-c2ccc(-n3ccc(NC(=O)CN)nc3=O)cc2)nn1. The molecule has 0 fully saturated rings. The highest BCUT2D eigenvalue weighted by Crippen LogP contribution is 2.12. The topological polar surface area (TPSA) is 183 Å². The number of guanidine groups is 1. The zero-order chi connectivity index (χ0) is 20.1. The van der Waals surface area contributed by atoms with Crippen LogP contribution in [0.4, 0.5) is 5.82 Å². The van der Waals surface area contributed by atoms with Crippen LogP contribution in [-0.2, 0) is 11.3 Å². The third kappa shape index (κ3) is 4.37. The molecule has 3 rings (SSSR count). The van der Waals surface area contributed by atoms with Crippen molar-refractivity contribution in [3.05, 3.63) is 58.9 Å². The molecule has 1 amide bonds. The highest BCUT2D eigenvalue weighted by Gasteiger charge is 2.07. The second kappa shape index (κ2) is 8.09. The lowest BCUT2D eigenvalue weighted by molar-refractivity contribution is -0.114. The molecule has 0 aliphatic heterocycles. The Labute approximate surface area is 158 Å². The van der Waals surface area contributed by atoms with Gasteiger partial charge in [0.25, 0.3) is 0 Å². The summed E-state index contributed by atoms with van der Waals surface area (Å²) >= 11 is 0. The van der Waals surface area contributed by atoms with E-state index in [1.807, 2.05) is 0 Å². The number of nitrogens with two attached hydrogens (primary N) is 2. The van der Waals surface area contributed by atoms with Gasteiger partial charge in [-0.25, -0.2) is 9.48 Å². The number of benzene rings is 1. The van der Waals surface area contributed by atoms with Crippen LogP contribution in [0.5, 0.6) is 0 Å². The van der Waals surface area contributed by atoms with Gasteiger partial charge in [-0.1, -0.05) is 5.21 Å². The smallest absolute Gasteiger partial charge is 0.354 e. The summed E-state index contributed by atoms with van der Waals surface area (Å²) in [7, 11) is 0. The van der Waals surface area contributed by atoms with E-state index in [1.165, 1.54) is 16.8 Å². The Bertz CT molecular complexity index is 1050. The Morgan fingerprint density at radius 2 is 1.89 bits per heavy atom. The average Bonchev–Trinajstić information content (AvgIpc) is 3.16. The monoisotopic (exact) mass is 382 g/mol. The van der Waals surface area contributed by atoms with E-state index in [1.54, 1.807) is 35.1 Å². The highest BCUT2D eigenvalue weighted by molar-refractivity contribution is 5.91. The molecule has 0 bridgehead atoms. The maximum absolute atomic E-state index is 12.2. The third-order valence-electron chi connectivity index (χ3n) is 3.65. The maximum Gasteiger partial charge on any atom is 0.354 e. The normalized spacial score (nSPS) is 10.5. The molecule has 0 atom stereocenters. The van der Waals surface area contributed by atoms with Gasteiger partial charge >= 0.3 is 5.69 Å². The first-order valence-corrected chi connectivity index (χ1v) is 8.16. The molecular weight excluding hydrogens is 364 g/mol. The van der Waals surface area contributed by atoms with Crippen molar-refractivity contribution in [2.45, 2.75) is 6.54 Å². The molecule has 0 unspecified atom stereocenters. The number of amides is 1. The molecule has 28 heavy (non-hydrogen) atoms. The summed E-state index contributed by atoms with van der Waals surface area (Å²) in [5.74, 6) is -0.436. The Morgan fingerprint density at radius 1 is 1.18 bits per heavy atom. The number of nitrogens with one attached hydrogen (secondary N) is 3. The number of hydrogen-bond acceptors (Lipinski definition) is 7. The maximum atomic E-state index is 12.2. The summed E-state index contributed by atoms with van der Waals surface area (Å²) in [6.07, 6.45) is 3.21. The fraction of sp³-hybridized carbons (Fsp3) is 0.125. The molecule has 0 radical (unpaired) electrons. The second-order valence-corrected chi connectivity index (χ2v) is 5.66. The Balaban J connectivity index is 1.76. The second-order valence-electron chi connectivity index (χ2n) is 5.66. The van der Waals surface area contributed by atoms with Crippen LogP contribution in [0.3, 0.4) is 0 Å². The Kier molecular flexibility index (Phi) is 5.41. The first-order chi connectivity index (χ1) is 13.5. The molecule has 0 aliphatic carbocycles. The van der Waals surface area contributed by atoms with E-state index >= 15 is 0 Å². The van der Waals surface area contributed by atoms with Gasteiger partial charge in [-0.15, -0.1) is 5.10 Å². The number of anilines is 1. The van der Waals surface area contributed by atoms with Crippen molar-refractivity contribution in [1.29, 1.82) is 5.41 Å². The average molecular weight is 382 g/mol. The summed E-state index contributed by atoms with van der Waals surface area (Å²) in [4.78, 5) is 27.3. The lowest BCUT2D eigenvalue weighted by atomic mass is 10.2. The van der Waals surface area contributed by atoms with E-state index < -0.39 is 11.6 Å². The predicted molar refractivity (Wildman–Crippen MR) is 101 cm³/mol. The molecule has 0 saturated carbocycles. The van der Waals surface area contributed by atoms with Gasteiger partial charge in [0.2, 0.25) is 5.91 Å². The van der Waals surface area contributed by atoms with Crippen molar-refractivity contribution < 1.29 is 4.79 Å². The summed E-state index contributed by atoms with van der Waals surface area (Å²) in [5, 5.41) is 20.2. The van der Waals surface area contributed by atoms with Gasteiger partial charge in [-0.3, -0.25) is 14.8 Å². The van der Waals surface area contributed by atoms with Crippen LogP contribution in [0.25, 0.3) is 11.4 Å². The zero-order valence-corrected chi connectivity index (χ0v) is 14.7.